The van der Waals surface area contributed by atoms with Gasteiger partial charge in [-0.2, -0.15) is 5.10 Å². The van der Waals surface area contributed by atoms with Crippen LogP contribution in [0.25, 0.3) is 0 Å². The second-order valence-corrected chi connectivity index (χ2v) is 8.57. The van der Waals surface area contributed by atoms with E-state index in [2.05, 4.69) is 53.4 Å². The summed E-state index contributed by atoms with van der Waals surface area (Å²) < 4.78 is 1.82. The van der Waals surface area contributed by atoms with Gasteiger partial charge in [-0.15, -0.1) is 0 Å². The van der Waals surface area contributed by atoms with Crippen LogP contribution in [0.3, 0.4) is 0 Å². The fraction of sp³-hybridized carbons (Fsp3) is 0.440. The Balaban J connectivity index is 1.50. The maximum Gasteiger partial charge on any atom is 0.225 e. The molecule has 1 aliphatic heterocycles. The standard InChI is InChI=1S/C25H31N5O/c1-17-8-5-6-9-22(17)15-21-14-18(2)26-23(16-21)24-10-7-12-29(24)25(31)11-13-30-20(4)27-19(3)28-30/h5-6,8-9,14,16,24H,7,10-13,15H2,1-4H3. The summed E-state index contributed by atoms with van der Waals surface area (Å²) in [7, 11) is 0. The second kappa shape index (κ2) is 9.00. The normalized spacial score (nSPS) is 16.1. The number of hydrogen-bond acceptors (Lipinski definition) is 4. The molecule has 0 N–H and O–H groups in total. The van der Waals surface area contributed by atoms with E-state index < -0.39 is 0 Å². The molecule has 1 fully saturated rings. The fourth-order valence-corrected chi connectivity index (χ4v) is 4.56. The van der Waals surface area contributed by atoms with E-state index in [1.165, 1.54) is 16.7 Å². The SMILES string of the molecule is Cc1cc(Cc2ccccc2C)cc(C2CCCN2C(=O)CCn2nc(C)nc2C)n1. The van der Waals surface area contributed by atoms with Gasteiger partial charge in [-0.3, -0.25) is 9.78 Å². The Labute approximate surface area is 184 Å². The van der Waals surface area contributed by atoms with Crippen molar-refractivity contribution in [2.45, 2.75) is 66.0 Å². The van der Waals surface area contributed by atoms with E-state index in [9.17, 15) is 4.79 Å². The van der Waals surface area contributed by atoms with Crippen molar-refractivity contribution >= 4 is 5.91 Å². The van der Waals surface area contributed by atoms with Crippen molar-refractivity contribution in [1.82, 2.24) is 24.6 Å². The molecule has 1 aliphatic rings. The Kier molecular flexibility index (Phi) is 6.16. The van der Waals surface area contributed by atoms with Crippen LogP contribution in [0.4, 0.5) is 0 Å². The van der Waals surface area contributed by atoms with Gasteiger partial charge in [-0.05, 0) is 75.8 Å². The summed E-state index contributed by atoms with van der Waals surface area (Å²) in [4.78, 5) is 24.2. The van der Waals surface area contributed by atoms with Crippen molar-refractivity contribution in [2.75, 3.05) is 6.54 Å². The lowest BCUT2D eigenvalue weighted by atomic mass is 9.98. The largest absolute Gasteiger partial charge is 0.334 e. The van der Waals surface area contributed by atoms with Crippen molar-refractivity contribution in [1.29, 1.82) is 0 Å². The molecule has 1 atom stereocenters. The van der Waals surface area contributed by atoms with Crippen molar-refractivity contribution < 1.29 is 4.79 Å². The van der Waals surface area contributed by atoms with Gasteiger partial charge in [0.25, 0.3) is 0 Å². The van der Waals surface area contributed by atoms with Crippen LogP contribution in [0.15, 0.2) is 36.4 Å². The predicted molar refractivity (Wildman–Crippen MR) is 121 cm³/mol. The first-order chi connectivity index (χ1) is 14.9. The molecule has 162 valence electrons. The van der Waals surface area contributed by atoms with Crippen LogP contribution in [-0.4, -0.2) is 37.1 Å². The highest BCUT2D eigenvalue weighted by Crippen LogP contribution is 2.32. The third kappa shape index (κ3) is 4.84. The summed E-state index contributed by atoms with van der Waals surface area (Å²) in [6, 6.07) is 12.9. The Hall–Kier alpha value is -3.02. The number of aromatic nitrogens is 4. The van der Waals surface area contributed by atoms with E-state index in [0.29, 0.717) is 13.0 Å². The summed E-state index contributed by atoms with van der Waals surface area (Å²) in [5, 5.41) is 4.38. The average molecular weight is 418 g/mol. The van der Waals surface area contributed by atoms with Gasteiger partial charge in [0.15, 0.2) is 0 Å². The van der Waals surface area contributed by atoms with Gasteiger partial charge >= 0.3 is 0 Å². The second-order valence-electron chi connectivity index (χ2n) is 8.57. The maximum absolute atomic E-state index is 13.1. The lowest BCUT2D eigenvalue weighted by molar-refractivity contribution is -0.132. The molecule has 0 aliphatic carbocycles. The monoisotopic (exact) mass is 417 g/mol. The summed E-state index contributed by atoms with van der Waals surface area (Å²) in [6.45, 7) is 9.35. The highest BCUT2D eigenvalue weighted by atomic mass is 16.2. The summed E-state index contributed by atoms with van der Waals surface area (Å²) in [5.74, 6) is 1.76. The van der Waals surface area contributed by atoms with Crippen LogP contribution in [-0.2, 0) is 17.8 Å². The lowest BCUT2D eigenvalue weighted by Crippen LogP contribution is -2.32. The Bertz CT molecular complexity index is 1090. The first-order valence-corrected chi connectivity index (χ1v) is 11.1. The number of aryl methyl sites for hydroxylation is 5. The van der Waals surface area contributed by atoms with Crippen LogP contribution < -0.4 is 0 Å². The Morgan fingerprint density at radius 2 is 1.90 bits per heavy atom. The first-order valence-electron chi connectivity index (χ1n) is 11.1. The van der Waals surface area contributed by atoms with E-state index in [1.807, 2.05) is 30.4 Å². The van der Waals surface area contributed by atoms with Crippen molar-refractivity contribution in [2.24, 2.45) is 0 Å². The number of hydrogen-bond donors (Lipinski definition) is 0. The molecule has 0 spiro atoms. The Morgan fingerprint density at radius 3 is 2.65 bits per heavy atom. The average Bonchev–Trinajstić information content (AvgIpc) is 3.34. The molecule has 3 aromatic rings. The van der Waals surface area contributed by atoms with Gasteiger partial charge in [0.05, 0.1) is 18.3 Å². The molecule has 2 aromatic heterocycles. The van der Waals surface area contributed by atoms with Crippen LogP contribution in [0, 0.1) is 27.7 Å². The minimum atomic E-state index is 0.0570. The van der Waals surface area contributed by atoms with Gasteiger partial charge in [-0.1, -0.05) is 24.3 Å². The van der Waals surface area contributed by atoms with E-state index in [1.54, 1.807) is 0 Å². The van der Waals surface area contributed by atoms with Crippen molar-refractivity contribution in [3.8, 4) is 0 Å². The summed E-state index contributed by atoms with van der Waals surface area (Å²) in [5.41, 5.74) is 5.91. The third-order valence-corrected chi connectivity index (χ3v) is 6.10. The van der Waals surface area contributed by atoms with Gasteiger partial charge in [-0.25, -0.2) is 9.67 Å². The molecule has 0 bridgehead atoms. The number of rotatable bonds is 6. The van der Waals surface area contributed by atoms with Gasteiger partial charge in [0.1, 0.15) is 11.6 Å². The fourth-order valence-electron chi connectivity index (χ4n) is 4.56. The van der Waals surface area contributed by atoms with E-state index in [4.69, 9.17) is 4.98 Å². The quantitative estimate of drug-likeness (QED) is 0.601. The Morgan fingerprint density at radius 1 is 1.10 bits per heavy atom. The molecular formula is C25H31N5O. The molecule has 1 aromatic carbocycles. The zero-order chi connectivity index (χ0) is 22.0. The molecule has 6 heteroatoms. The highest BCUT2D eigenvalue weighted by molar-refractivity contribution is 5.77. The van der Waals surface area contributed by atoms with Crippen LogP contribution >= 0.6 is 0 Å². The van der Waals surface area contributed by atoms with Crippen molar-refractivity contribution in [3.05, 3.63) is 76.1 Å². The van der Waals surface area contributed by atoms with Crippen molar-refractivity contribution in [3.63, 3.8) is 0 Å². The zero-order valence-electron chi connectivity index (χ0n) is 18.9. The molecule has 0 saturated carbocycles. The molecule has 4 rings (SSSR count). The number of benzene rings is 1. The molecule has 0 radical (unpaired) electrons. The van der Waals surface area contributed by atoms with E-state index in [0.717, 1.165) is 48.8 Å². The van der Waals surface area contributed by atoms with Crippen LogP contribution in [0.5, 0.6) is 0 Å². The summed E-state index contributed by atoms with van der Waals surface area (Å²) >= 11 is 0. The minimum absolute atomic E-state index is 0.0570. The number of carbonyl (C=O) groups is 1. The predicted octanol–water partition coefficient (Wildman–Crippen LogP) is 4.25. The van der Waals surface area contributed by atoms with E-state index in [-0.39, 0.29) is 11.9 Å². The number of amides is 1. The molecule has 3 heterocycles. The number of nitrogens with zero attached hydrogens (tertiary/aromatic N) is 5. The number of pyridine rings is 1. The number of likely N-dealkylation sites (tertiary alicyclic amines) is 1. The molecule has 6 nitrogen and oxygen atoms in total. The topological polar surface area (TPSA) is 63.9 Å². The molecular weight excluding hydrogens is 386 g/mol. The third-order valence-electron chi connectivity index (χ3n) is 6.10. The van der Waals surface area contributed by atoms with Gasteiger partial charge in [0, 0.05) is 18.7 Å². The zero-order valence-corrected chi connectivity index (χ0v) is 18.9. The minimum Gasteiger partial charge on any atom is -0.334 e. The van der Waals surface area contributed by atoms with E-state index >= 15 is 0 Å². The van der Waals surface area contributed by atoms with Gasteiger partial charge in [0.2, 0.25) is 5.91 Å². The highest BCUT2D eigenvalue weighted by Gasteiger charge is 2.31. The van der Waals surface area contributed by atoms with Crippen LogP contribution in [0.1, 0.15) is 65.0 Å². The molecule has 1 unspecified atom stereocenters. The van der Waals surface area contributed by atoms with Gasteiger partial charge < -0.3 is 4.90 Å². The lowest BCUT2D eigenvalue weighted by Gasteiger charge is -2.25. The molecule has 1 amide bonds. The smallest absolute Gasteiger partial charge is 0.225 e. The summed E-state index contributed by atoms with van der Waals surface area (Å²) in [6.07, 6.45) is 3.30. The number of carbonyl (C=O) groups excluding carboxylic acids is 1. The maximum atomic E-state index is 13.1. The first kappa shape index (κ1) is 21.2. The molecule has 31 heavy (non-hydrogen) atoms. The molecule has 1 saturated heterocycles. The van der Waals surface area contributed by atoms with Crippen LogP contribution in [0.2, 0.25) is 0 Å².